The van der Waals surface area contributed by atoms with E-state index in [0.717, 1.165) is 68.2 Å². The van der Waals surface area contributed by atoms with Crippen LogP contribution >= 0.6 is 0 Å². The van der Waals surface area contributed by atoms with Crippen molar-refractivity contribution in [2.45, 2.75) is 19.8 Å². The number of halogens is 1. The van der Waals surface area contributed by atoms with Gasteiger partial charge >= 0.3 is 0 Å². The molecule has 4 rings (SSSR count). The van der Waals surface area contributed by atoms with Gasteiger partial charge in [0.1, 0.15) is 5.82 Å². The lowest BCUT2D eigenvalue weighted by molar-refractivity contribution is 0.0296. The third-order valence-electron chi connectivity index (χ3n) is 5.36. The molecule has 2 aliphatic heterocycles. The minimum Gasteiger partial charge on any atom is -0.379 e. The van der Waals surface area contributed by atoms with Gasteiger partial charge in [-0.25, -0.2) is 4.39 Å². The lowest BCUT2D eigenvalue weighted by Gasteiger charge is -2.38. The van der Waals surface area contributed by atoms with Crippen molar-refractivity contribution in [3.05, 3.63) is 35.8 Å². The predicted octanol–water partition coefficient (Wildman–Crippen LogP) is 3.23. The average Bonchev–Trinajstić information content (AvgIpc) is 2.62. The summed E-state index contributed by atoms with van der Waals surface area (Å²) in [6.45, 7) is 9.00. The lowest BCUT2D eigenvalue weighted by atomic mass is 9.96. The number of fused-ring (bicyclic) bond motifs is 1. The summed E-state index contributed by atoms with van der Waals surface area (Å²) in [5, 5.41) is 0.928. The molecule has 2 saturated heterocycles. The highest BCUT2D eigenvalue weighted by molar-refractivity contribution is 5.92. The van der Waals surface area contributed by atoms with E-state index in [2.05, 4.69) is 20.9 Å². The molecular weight excluding hydrogens is 317 g/mol. The van der Waals surface area contributed by atoms with Gasteiger partial charge in [-0.1, -0.05) is 0 Å². The third-order valence-corrected chi connectivity index (χ3v) is 5.36. The first-order valence-corrected chi connectivity index (χ1v) is 9.31. The molecule has 0 bridgehead atoms. The zero-order chi connectivity index (χ0) is 17.2. The maximum absolute atomic E-state index is 13.8. The molecule has 2 aliphatic rings. The van der Waals surface area contributed by atoms with Crippen LogP contribution in [0.15, 0.2) is 24.3 Å². The van der Waals surface area contributed by atoms with Gasteiger partial charge in [0, 0.05) is 49.5 Å². The number of hydrogen-bond acceptors (Lipinski definition) is 4. The number of morpholine rings is 1. The SMILES string of the molecule is Cc1cc(N2CCCC(CN3CCOCC3)C2)c2cc(F)ccc2n1. The molecule has 1 aromatic carbocycles. The molecule has 2 aromatic rings. The molecular formula is C20H26FN3O. The van der Waals surface area contributed by atoms with Crippen LogP contribution < -0.4 is 4.90 Å². The lowest BCUT2D eigenvalue weighted by Crippen LogP contribution is -2.44. The second kappa shape index (κ2) is 7.26. The Bertz CT molecular complexity index is 745. The summed E-state index contributed by atoms with van der Waals surface area (Å²) < 4.78 is 19.3. The fraction of sp³-hybridized carbons (Fsp3) is 0.550. The molecule has 0 radical (unpaired) electrons. The number of benzene rings is 1. The van der Waals surface area contributed by atoms with E-state index in [0.29, 0.717) is 5.92 Å². The Morgan fingerprint density at radius 2 is 2.04 bits per heavy atom. The van der Waals surface area contributed by atoms with Crippen molar-refractivity contribution < 1.29 is 9.13 Å². The van der Waals surface area contributed by atoms with Crippen LogP contribution in [0.25, 0.3) is 10.9 Å². The molecule has 0 aliphatic carbocycles. The monoisotopic (exact) mass is 343 g/mol. The van der Waals surface area contributed by atoms with Crippen molar-refractivity contribution in [1.29, 1.82) is 0 Å². The fourth-order valence-electron chi connectivity index (χ4n) is 4.15. The molecule has 0 N–H and O–H groups in total. The highest BCUT2D eigenvalue weighted by atomic mass is 19.1. The van der Waals surface area contributed by atoms with Crippen molar-refractivity contribution >= 4 is 16.6 Å². The summed E-state index contributed by atoms with van der Waals surface area (Å²) in [7, 11) is 0. The number of rotatable bonds is 3. The number of piperidine rings is 1. The van der Waals surface area contributed by atoms with Crippen LogP contribution in [0, 0.1) is 18.7 Å². The van der Waals surface area contributed by atoms with E-state index in [1.54, 1.807) is 12.1 Å². The molecule has 3 heterocycles. The molecule has 0 amide bonds. The van der Waals surface area contributed by atoms with Crippen LogP contribution in [-0.2, 0) is 4.74 Å². The van der Waals surface area contributed by atoms with Gasteiger partial charge in [-0.3, -0.25) is 9.88 Å². The molecule has 25 heavy (non-hydrogen) atoms. The summed E-state index contributed by atoms with van der Waals surface area (Å²) in [4.78, 5) is 9.53. The zero-order valence-corrected chi connectivity index (χ0v) is 14.9. The van der Waals surface area contributed by atoms with Crippen LogP contribution in [0.2, 0.25) is 0 Å². The first-order valence-electron chi connectivity index (χ1n) is 9.31. The second-order valence-electron chi connectivity index (χ2n) is 7.31. The summed E-state index contributed by atoms with van der Waals surface area (Å²) in [5.41, 5.74) is 3.00. The minimum atomic E-state index is -0.193. The number of aryl methyl sites for hydroxylation is 1. The van der Waals surface area contributed by atoms with Crippen LogP contribution in [0.5, 0.6) is 0 Å². The molecule has 0 saturated carbocycles. The molecule has 1 unspecified atom stereocenters. The Morgan fingerprint density at radius 1 is 1.20 bits per heavy atom. The normalized spacial score (nSPS) is 22.5. The average molecular weight is 343 g/mol. The first kappa shape index (κ1) is 16.7. The number of nitrogens with zero attached hydrogens (tertiary/aromatic N) is 3. The van der Waals surface area contributed by atoms with E-state index in [1.165, 1.54) is 18.9 Å². The number of anilines is 1. The number of ether oxygens (including phenoxy) is 1. The largest absolute Gasteiger partial charge is 0.379 e. The summed E-state index contributed by atoms with van der Waals surface area (Å²) in [5.74, 6) is 0.463. The van der Waals surface area contributed by atoms with Crippen LogP contribution in [0.3, 0.4) is 0 Å². The highest BCUT2D eigenvalue weighted by Crippen LogP contribution is 2.31. The summed E-state index contributed by atoms with van der Waals surface area (Å²) in [6, 6.07) is 7.02. The standard InChI is InChI=1S/C20H26FN3O/c1-15-11-20(18-12-17(21)4-5-19(18)22-15)24-6-2-3-16(14-24)13-23-7-9-25-10-8-23/h4-5,11-12,16H,2-3,6-10,13-14H2,1H3. The van der Waals surface area contributed by atoms with Crippen molar-refractivity contribution in [1.82, 2.24) is 9.88 Å². The third kappa shape index (κ3) is 3.77. The van der Waals surface area contributed by atoms with E-state index in [9.17, 15) is 4.39 Å². The van der Waals surface area contributed by atoms with Gasteiger partial charge in [0.15, 0.2) is 0 Å². The summed E-state index contributed by atoms with van der Waals surface area (Å²) >= 11 is 0. The van der Waals surface area contributed by atoms with Gasteiger partial charge in [-0.15, -0.1) is 0 Å². The first-order chi connectivity index (χ1) is 12.2. The Balaban J connectivity index is 1.56. The molecule has 5 heteroatoms. The van der Waals surface area contributed by atoms with Crippen molar-refractivity contribution in [2.75, 3.05) is 50.8 Å². The fourth-order valence-corrected chi connectivity index (χ4v) is 4.15. The van der Waals surface area contributed by atoms with Crippen LogP contribution in [-0.4, -0.2) is 55.8 Å². The molecule has 1 aromatic heterocycles. The highest BCUT2D eigenvalue weighted by Gasteiger charge is 2.24. The molecule has 1 atom stereocenters. The maximum atomic E-state index is 13.8. The quantitative estimate of drug-likeness (QED) is 0.855. The van der Waals surface area contributed by atoms with Gasteiger partial charge in [0.25, 0.3) is 0 Å². The van der Waals surface area contributed by atoms with E-state index < -0.39 is 0 Å². The second-order valence-corrected chi connectivity index (χ2v) is 7.31. The van der Waals surface area contributed by atoms with Crippen LogP contribution in [0.1, 0.15) is 18.5 Å². The van der Waals surface area contributed by atoms with Gasteiger partial charge in [0.05, 0.1) is 18.7 Å². The Morgan fingerprint density at radius 3 is 2.88 bits per heavy atom. The minimum absolute atomic E-state index is 0.193. The summed E-state index contributed by atoms with van der Waals surface area (Å²) in [6.07, 6.45) is 2.46. The van der Waals surface area contributed by atoms with Gasteiger partial charge in [-0.2, -0.15) is 0 Å². The molecule has 2 fully saturated rings. The van der Waals surface area contributed by atoms with Crippen LogP contribution in [0.4, 0.5) is 10.1 Å². The topological polar surface area (TPSA) is 28.6 Å². The predicted molar refractivity (Wildman–Crippen MR) is 98.6 cm³/mol. The van der Waals surface area contributed by atoms with E-state index in [4.69, 9.17) is 4.74 Å². The smallest absolute Gasteiger partial charge is 0.124 e. The van der Waals surface area contributed by atoms with Crippen molar-refractivity contribution in [3.8, 4) is 0 Å². The Kier molecular flexibility index (Phi) is 4.86. The molecule has 4 nitrogen and oxygen atoms in total. The van der Waals surface area contributed by atoms with Gasteiger partial charge in [0.2, 0.25) is 0 Å². The van der Waals surface area contributed by atoms with E-state index >= 15 is 0 Å². The number of aromatic nitrogens is 1. The zero-order valence-electron chi connectivity index (χ0n) is 14.9. The number of pyridine rings is 1. The van der Waals surface area contributed by atoms with Gasteiger partial charge in [-0.05, 0) is 49.9 Å². The Labute approximate surface area is 148 Å². The maximum Gasteiger partial charge on any atom is 0.124 e. The van der Waals surface area contributed by atoms with Crippen molar-refractivity contribution in [2.24, 2.45) is 5.92 Å². The van der Waals surface area contributed by atoms with Crippen molar-refractivity contribution in [3.63, 3.8) is 0 Å². The molecule has 0 spiro atoms. The number of hydrogen-bond donors (Lipinski definition) is 0. The van der Waals surface area contributed by atoms with E-state index in [-0.39, 0.29) is 5.82 Å². The Hall–Kier alpha value is -1.72. The van der Waals surface area contributed by atoms with E-state index in [1.807, 2.05) is 6.92 Å². The van der Waals surface area contributed by atoms with Gasteiger partial charge < -0.3 is 9.64 Å². The molecule has 134 valence electrons.